The number of carbonyl (C=O) groups is 1. The molecule has 1 aliphatic carbocycles. The molecule has 13 heteroatoms. The molecule has 0 heterocycles. The van der Waals surface area contributed by atoms with Gasteiger partial charge in [-0.25, -0.2) is 4.57 Å². The first-order chi connectivity index (χ1) is 30.5. The number of carbonyl (C=O) groups excluding carboxylic acids is 1. The number of rotatable bonds is 39. The number of hydrogen-bond donors (Lipinski definition) is 6. The average molecular weight is 909 g/mol. The van der Waals surface area contributed by atoms with Gasteiger partial charge in [-0.1, -0.05) is 150 Å². The average Bonchev–Trinajstić information content (AvgIpc) is 3.27. The second kappa shape index (κ2) is 39.8. The van der Waals surface area contributed by atoms with Gasteiger partial charge < -0.3 is 39.9 Å². The highest BCUT2D eigenvalue weighted by Gasteiger charge is 2.51. The Morgan fingerprint density at radius 2 is 0.937 bits per heavy atom. The van der Waals surface area contributed by atoms with Gasteiger partial charge in [0.2, 0.25) is 0 Å². The van der Waals surface area contributed by atoms with Crippen LogP contribution in [0.4, 0.5) is 0 Å². The predicted octanol–water partition coefficient (Wildman–Crippen LogP) is 10.1. The van der Waals surface area contributed by atoms with Gasteiger partial charge in [-0.3, -0.25) is 13.8 Å². The molecule has 1 rings (SSSR count). The van der Waals surface area contributed by atoms with Gasteiger partial charge in [0.15, 0.2) is 0 Å². The Hall–Kier alpha value is -2.48. The van der Waals surface area contributed by atoms with E-state index in [-0.39, 0.29) is 13.0 Å². The second-order valence-corrected chi connectivity index (χ2v) is 17.6. The highest BCUT2D eigenvalue weighted by molar-refractivity contribution is 7.47. The number of aliphatic hydroxyl groups excluding tert-OH is 5. The molecule has 1 fully saturated rings. The minimum Gasteiger partial charge on any atom is -0.457 e. The van der Waals surface area contributed by atoms with Crippen molar-refractivity contribution in [2.75, 3.05) is 19.8 Å². The number of phosphoric acid groups is 1. The second-order valence-electron chi connectivity index (χ2n) is 16.2. The van der Waals surface area contributed by atoms with Crippen LogP contribution in [0, 0.1) is 0 Å². The van der Waals surface area contributed by atoms with E-state index >= 15 is 0 Å². The maximum Gasteiger partial charge on any atom is 0.472 e. The molecule has 1 aliphatic rings. The number of aliphatic hydroxyl groups is 5. The van der Waals surface area contributed by atoms with Gasteiger partial charge in [0, 0.05) is 13.0 Å². The fraction of sp³-hybridized carbons (Fsp3) is 0.700. The van der Waals surface area contributed by atoms with Crippen molar-refractivity contribution in [3.63, 3.8) is 0 Å². The molecule has 0 aromatic carbocycles. The predicted molar refractivity (Wildman–Crippen MR) is 253 cm³/mol. The zero-order valence-corrected chi connectivity index (χ0v) is 39.5. The van der Waals surface area contributed by atoms with E-state index in [9.17, 15) is 39.8 Å². The molecule has 0 aromatic heterocycles. The van der Waals surface area contributed by atoms with E-state index in [0.717, 1.165) is 103 Å². The van der Waals surface area contributed by atoms with E-state index < -0.39 is 63.1 Å². The van der Waals surface area contributed by atoms with Crippen LogP contribution in [0.2, 0.25) is 0 Å². The van der Waals surface area contributed by atoms with E-state index in [1.54, 1.807) is 0 Å². The van der Waals surface area contributed by atoms with Crippen molar-refractivity contribution in [3.8, 4) is 0 Å². The van der Waals surface area contributed by atoms with Crippen molar-refractivity contribution in [2.24, 2.45) is 0 Å². The molecule has 0 amide bonds. The first kappa shape index (κ1) is 58.5. The first-order valence-electron chi connectivity index (χ1n) is 23.9. The van der Waals surface area contributed by atoms with Crippen LogP contribution in [-0.2, 0) is 27.9 Å². The first-order valence-corrected chi connectivity index (χ1v) is 25.4. The van der Waals surface area contributed by atoms with Crippen LogP contribution < -0.4 is 0 Å². The van der Waals surface area contributed by atoms with Gasteiger partial charge in [0.25, 0.3) is 0 Å². The van der Waals surface area contributed by atoms with Gasteiger partial charge in [0.05, 0.1) is 13.2 Å². The fourth-order valence-corrected chi connectivity index (χ4v) is 7.68. The summed E-state index contributed by atoms with van der Waals surface area (Å²) >= 11 is 0. The van der Waals surface area contributed by atoms with Gasteiger partial charge >= 0.3 is 13.8 Å². The van der Waals surface area contributed by atoms with Crippen LogP contribution in [-0.4, -0.2) is 98.9 Å². The number of allylic oxidation sites excluding steroid dienone is 14. The van der Waals surface area contributed by atoms with Crippen molar-refractivity contribution in [1.82, 2.24) is 0 Å². The molecule has 0 aromatic rings. The minimum atomic E-state index is -5.03. The number of ether oxygens (including phenoxy) is 2. The van der Waals surface area contributed by atoms with Gasteiger partial charge in [-0.05, 0) is 89.9 Å². The third kappa shape index (κ3) is 31.9. The van der Waals surface area contributed by atoms with E-state index in [1.165, 1.54) is 32.1 Å². The summed E-state index contributed by atoms with van der Waals surface area (Å²) in [4.78, 5) is 23.2. The Bertz CT molecular complexity index is 1360. The number of esters is 1. The third-order valence-corrected chi connectivity index (χ3v) is 11.5. The maximum atomic E-state index is 12.8. The molecular weight excluding hydrogens is 824 g/mol. The molecule has 362 valence electrons. The fourth-order valence-electron chi connectivity index (χ4n) is 6.70. The van der Waals surface area contributed by atoms with Crippen molar-refractivity contribution < 1.29 is 58.3 Å². The Morgan fingerprint density at radius 3 is 1.44 bits per heavy atom. The van der Waals surface area contributed by atoms with Crippen LogP contribution >= 0.6 is 7.82 Å². The molecular formula is C50H85O12P. The standard InChI is InChI=1S/C50H85O12P/c1-3-5-7-9-11-13-15-17-18-19-20-21-22-23-24-25-26-27-29-31-33-35-37-39-44(51)61-43(41-59-40-38-36-34-32-30-28-16-14-12-10-8-6-4-2)42-60-63(57,58)62-50-48(55)46(53)45(52)47(54)49(50)56/h5,7,11-14,17-18,20-21,23-24,26-27,43,45-50,52-56H,3-4,6,8-10,15-16,19,22,25,28-42H2,1-2H3,(H,57,58)/b7-5-,13-11-,14-12-,18-17-,21-20-,24-23-,27-26-. The third-order valence-electron chi connectivity index (χ3n) is 10.5. The maximum absolute atomic E-state index is 12.8. The highest BCUT2D eigenvalue weighted by Crippen LogP contribution is 2.47. The molecule has 6 unspecified atom stereocenters. The van der Waals surface area contributed by atoms with Gasteiger partial charge in [-0.15, -0.1) is 0 Å². The lowest BCUT2D eigenvalue weighted by Crippen LogP contribution is -2.64. The molecule has 0 saturated heterocycles. The van der Waals surface area contributed by atoms with E-state index in [0.29, 0.717) is 13.0 Å². The molecule has 6 atom stereocenters. The van der Waals surface area contributed by atoms with Crippen LogP contribution in [0.1, 0.15) is 162 Å². The molecule has 12 nitrogen and oxygen atoms in total. The summed E-state index contributed by atoms with van der Waals surface area (Å²) in [6.45, 7) is 4.06. The highest BCUT2D eigenvalue weighted by atomic mass is 31.2. The van der Waals surface area contributed by atoms with Crippen molar-refractivity contribution >= 4 is 13.8 Å². The van der Waals surface area contributed by atoms with E-state index in [2.05, 4.69) is 98.9 Å². The number of unbranched alkanes of at least 4 members (excludes halogenated alkanes) is 13. The molecule has 1 saturated carbocycles. The van der Waals surface area contributed by atoms with Gasteiger partial charge in [-0.2, -0.15) is 0 Å². The topological polar surface area (TPSA) is 192 Å². The Kier molecular flexibility index (Phi) is 37.0. The summed E-state index contributed by atoms with van der Waals surface area (Å²) in [6, 6.07) is 0. The molecule has 0 aliphatic heterocycles. The number of phosphoric ester groups is 1. The summed E-state index contributed by atoms with van der Waals surface area (Å²) in [7, 11) is -5.03. The molecule has 63 heavy (non-hydrogen) atoms. The normalized spacial score (nSPS) is 22.6. The Balaban J connectivity index is 2.40. The Morgan fingerprint density at radius 1 is 0.524 bits per heavy atom. The summed E-state index contributed by atoms with van der Waals surface area (Å²) in [5, 5.41) is 50.2. The van der Waals surface area contributed by atoms with Crippen LogP contribution in [0.25, 0.3) is 0 Å². The van der Waals surface area contributed by atoms with Crippen molar-refractivity contribution in [2.45, 2.75) is 204 Å². The van der Waals surface area contributed by atoms with Crippen LogP contribution in [0.15, 0.2) is 85.1 Å². The Labute approximate surface area is 380 Å². The lowest BCUT2D eigenvalue weighted by Gasteiger charge is -2.41. The largest absolute Gasteiger partial charge is 0.472 e. The lowest BCUT2D eigenvalue weighted by atomic mass is 9.85. The minimum absolute atomic E-state index is 0.0966. The molecule has 6 N–H and O–H groups in total. The number of hydrogen-bond acceptors (Lipinski definition) is 11. The molecule has 0 bridgehead atoms. The van der Waals surface area contributed by atoms with Crippen LogP contribution in [0.3, 0.4) is 0 Å². The van der Waals surface area contributed by atoms with Crippen LogP contribution in [0.5, 0.6) is 0 Å². The lowest BCUT2D eigenvalue weighted by molar-refractivity contribution is -0.220. The zero-order chi connectivity index (χ0) is 46.2. The SMILES string of the molecule is CC/C=C\C/C=C\C/C=C\C/C=C\C/C=C\C/C=C\CCCCCCC(=O)OC(COCCCCCCCC/C=C\CCCCC)COP(=O)(O)OC1C(O)C(O)C(O)C(O)C1O. The molecule has 0 spiro atoms. The van der Waals surface area contributed by atoms with Crippen molar-refractivity contribution in [3.05, 3.63) is 85.1 Å². The zero-order valence-electron chi connectivity index (χ0n) is 38.6. The summed E-state index contributed by atoms with van der Waals surface area (Å²) in [6.07, 6.45) is 40.7. The van der Waals surface area contributed by atoms with Crippen molar-refractivity contribution in [1.29, 1.82) is 0 Å². The monoisotopic (exact) mass is 909 g/mol. The summed E-state index contributed by atoms with van der Waals surface area (Å²) in [5.74, 6) is -0.507. The van der Waals surface area contributed by atoms with E-state index in [1.807, 2.05) is 0 Å². The summed E-state index contributed by atoms with van der Waals surface area (Å²) in [5.41, 5.74) is 0. The molecule has 0 radical (unpaired) electrons. The van der Waals surface area contributed by atoms with E-state index in [4.69, 9.17) is 18.5 Å². The van der Waals surface area contributed by atoms with Gasteiger partial charge in [0.1, 0.15) is 42.7 Å². The summed E-state index contributed by atoms with van der Waals surface area (Å²) < 4.78 is 34.2. The quantitative estimate of drug-likeness (QED) is 0.0148. The smallest absolute Gasteiger partial charge is 0.457 e.